The van der Waals surface area contributed by atoms with E-state index < -0.39 is 0 Å². The zero-order valence-electron chi connectivity index (χ0n) is 11.9. The van der Waals surface area contributed by atoms with Crippen molar-refractivity contribution in [3.63, 3.8) is 0 Å². The van der Waals surface area contributed by atoms with Crippen molar-refractivity contribution >= 4 is 17.5 Å². The van der Waals surface area contributed by atoms with Gasteiger partial charge < -0.3 is 14.7 Å². The molecule has 22 heavy (non-hydrogen) atoms. The number of nitrogens with zero attached hydrogens (tertiary/aromatic N) is 1. The molecule has 1 saturated heterocycles. The summed E-state index contributed by atoms with van der Waals surface area (Å²) in [6.45, 7) is 1.08. The van der Waals surface area contributed by atoms with Gasteiger partial charge in [-0.1, -0.05) is 48.0 Å². The maximum Gasteiger partial charge on any atom is 0.249 e. The van der Waals surface area contributed by atoms with E-state index in [1.54, 1.807) is 23.1 Å². The van der Waals surface area contributed by atoms with Gasteiger partial charge in [-0.2, -0.15) is 0 Å². The van der Waals surface area contributed by atoms with Crippen molar-refractivity contribution in [3.05, 3.63) is 64.7 Å². The molecule has 0 unspecified atom stereocenters. The van der Waals surface area contributed by atoms with Gasteiger partial charge in [0.2, 0.25) is 5.91 Å². The number of phenolic OH excluding ortho intramolecular Hbond substituents is 1. The van der Waals surface area contributed by atoms with Crippen LogP contribution in [-0.4, -0.2) is 29.1 Å². The Morgan fingerprint density at radius 3 is 2.73 bits per heavy atom. The molecule has 3 rings (SSSR count). The van der Waals surface area contributed by atoms with Crippen LogP contribution in [0.1, 0.15) is 17.2 Å². The molecule has 0 bridgehead atoms. The Morgan fingerprint density at radius 1 is 1.23 bits per heavy atom. The first-order valence-corrected chi connectivity index (χ1v) is 7.43. The number of ether oxygens (including phenoxy) is 1. The summed E-state index contributed by atoms with van der Waals surface area (Å²) < 4.78 is 5.61. The molecule has 1 fully saturated rings. The number of phenols is 1. The minimum Gasteiger partial charge on any atom is -0.506 e. The first-order chi connectivity index (χ1) is 10.6. The molecular weight excluding hydrogens is 302 g/mol. The van der Waals surface area contributed by atoms with Crippen molar-refractivity contribution in [1.29, 1.82) is 0 Å². The van der Waals surface area contributed by atoms with Crippen LogP contribution in [0.2, 0.25) is 5.02 Å². The summed E-state index contributed by atoms with van der Waals surface area (Å²) in [5.41, 5.74) is 1.94. The molecule has 114 valence electrons. The SMILES string of the molecule is O=C1CO[C@@H](c2ccc(O)c(Cl)c2)CN1Cc1ccccc1. The number of amides is 1. The second-order valence-corrected chi connectivity index (χ2v) is 5.68. The summed E-state index contributed by atoms with van der Waals surface area (Å²) in [5, 5.41) is 9.78. The fourth-order valence-corrected chi connectivity index (χ4v) is 2.69. The van der Waals surface area contributed by atoms with Crippen LogP contribution in [0.15, 0.2) is 48.5 Å². The number of morpholine rings is 1. The van der Waals surface area contributed by atoms with Crippen LogP contribution in [0.5, 0.6) is 5.75 Å². The third kappa shape index (κ3) is 3.24. The molecule has 1 atom stereocenters. The number of carbonyl (C=O) groups is 1. The fraction of sp³-hybridized carbons (Fsp3) is 0.235. The lowest BCUT2D eigenvalue weighted by molar-refractivity contribution is -0.150. The molecule has 2 aromatic rings. The quantitative estimate of drug-likeness (QED) is 0.946. The van der Waals surface area contributed by atoms with Crippen molar-refractivity contribution in [1.82, 2.24) is 4.90 Å². The zero-order valence-corrected chi connectivity index (χ0v) is 12.7. The molecule has 2 aromatic carbocycles. The molecule has 0 aliphatic carbocycles. The standard InChI is InChI=1S/C17H16ClNO3/c18-14-8-13(6-7-15(14)20)16-10-19(17(21)11-22-16)9-12-4-2-1-3-5-12/h1-8,16,20H,9-11H2/t16-/m1/s1. The highest BCUT2D eigenvalue weighted by Gasteiger charge is 2.27. The number of hydrogen-bond acceptors (Lipinski definition) is 3. The third-order valence-electron chi connectivity index (χ3n) is 3.71. The minimum atomic E-state index is -0.237. The summed E-state index contributed by atoms with van der Waals surface area (Å²) in [7, 11) is 0. The van der Waals surface area contributed by atoms with E-state index in [0.717, 1.165) is 11.1 Å². The fourth-order valence-electron chi connectivity index (χ4n) is 2.50. The molecule has 1 N–H and O–H groups in total. The van der Waals surface area contributed by atoms with Crippen LogP contribution < -0.4 is 0 Å². The number of carbonyl (C=O) groups excluding carboxylic acids is 1. The molecule has 0 radical (unpaired) electrons. The lowest BCUT2D eigenvalue weighted by atomic mass is 10.1. The van der Waals surface area contributed by atoms with Crippen LogP contribution >= 0.6 is 11.6 Å². The molecule has 5 heteroatoms. The van der Waals surface area contributed by atoms with Crippen LogP contribution in [0.25, 0.3) is 0 Å². The van der Waals surface area contributed by atoms with Crippen molar-refractivity contribution in [2.24, 2.45) is 0 Å². The summed E-state index contributed by atoms with van der Waals surface area (Å²) >= 11 is 5.94. The lowest BCUT2D eigenvalue weighted by Gasteiger charge is -2.33. The average molecular weight is 318 g/mol. The van der Waals surface area contributed by atoms with E-state index in [0.29, 0.717) is 13.1 Å². The topological polar surface area (TPSA) is 49.8 Å². The highest BCUT2D eigenvalue weighted by molar-refractivity contribution is 6.32. The molecule has 1 aliphatic rings. The second-order valence-electron chi connectivity index (χ2n) is 5.27. The van der Waals surface area contributed by atoms with Crippen LogP contribution in [0, 0.1) is 0 Å². The second kappa shape index (κ2) is 6.38. The Labute approximate surface area is 133 Å². The predicted molar refractivity (Wildman–Crippen MR) is 83.7 cm³/mol. The van der Waals surface area contributed by atoms with Crippen molar-refractivity contribution in [3.8, 4) is 5.75 Å². The Hall–Kier alpha value is -2.04. The minimum absolute atomic E-state index is 0.0232. The molecule has 1 heterocycles. The maximum atomic E-state index is 12.0. The molecule has 0 aromatic heterocycles. The first-order valence-electron chi connectivity index (χ1n) is 7.05. The Bertz CT molecular complexity index is 675. The van der Waals surface area contributed by atoms with Gasteiger partial charge in [0.25, 0.3) is 0 Å². The van der Waals surface area contributed by atoms with Gasteiger partial charge in [-0.15, -0.1) is 0 Å². The van der Waals surface area contributed by atoms with Gasteiger partial charge in [-0.25, -0.2) is 0 Å². The number of benzene rings is 2. The van der Waals surface area contributed by atoms with Gasteiger partial charge in [-0.3, -0.25) is 4.79 Å². The van der Waals surface area contributed by atoms with Gasteiger partial charge in [0, 0.05) is 6.54 Å². The summed E-state index contributed by atoms with van der Waals surface area (Å²) in [6, 6.07) is 14.8. The number of rotatable bonds is 3. The normalized spacial score (nSPS) is 18.5. The summed E-state index contributed by atoms with van der Waals surface area (Å²) in [4.78, 5) is 13.8. The number of aromatic hydroxyl groups is 1. The van der Waals surface area contributed by atoms with Crippen molar-refractivity contribution in [2.75, 3.05) is 13.2 Å². The van der Waals surface area contributed by atoms with Crippen molar-refractivity contribution < 1.29 is 14.6 Å². The first kappa shape index (κ1) is 14.9. The van der Waals surface area contributed by atoms with Crippen LogP contribution in [-0.2, 0) is 16.1 Å². The van der Waals surface area contributed by atoms with Crippen molar-refractivity contribution in [2.45, 2.75) is 12.6 Å². The molecule has 1 aliphatic heterocycles. The average Bonchev–Trinajstić information content (AvgIpc) is 2.53. The predicted octanol–water partition coefficient (Wildman–Crippen LogP) is 3.15. The Balaban J connectivity index is 1.75. The Morgan fingerprint density at radius 2 is 2.00 bits per heavy atom. The van der Waals surface area contributed by atoms with E-state index in [2.05, 4.69) is 0 Å². The van der Waals surface area contributed by atoms with E-state index in [-0.39, 0.29) is 29.4 Å². The maximum absolute atomic E-state index is 12.0. The highest BCUT2D eigenvalue weighted by Crippen LogP contribution is 2.30. The summed E-state index contributed by atoms with van der Waals surface area (Å²) in [5.74, 6) is 0.0171. The zero-order chi connectivity index (χ0) is 15.5. The van der Waals surface area contributed by atoms with Crippen LogP contribution in [0.3, 0.4) is 0 Å². The van der Waals surface area contributed by atoms with E-state index >= 15 is 0 Å². The number of hydrogen-bond donors (Lipinski definition) is 1. The molecular formula is C17H16ClNO3. The monoisotopic (exact) mass is 317 g/mol. The number of halogens is 1. The van der Waals surface area contributed by atoms with Gasteiger partial charge in [-0.05, 0) is 23.3 Å². The highest BCUT2D eigenvalue weighted by atomic mass is 35.5. The largest absolute Gasteiger partial charge is 0.506 e. The third-order valence-corrected chi connectivity index (χ3v) is 4.01. The van der Waals surface area contributed by atoms with E-state index in [4.69, 9.17) is 16.3 Å². The van der Waals surface area contributed by atoms with Gasteiger partial charge in [0.05, 0.1) is 11.6 Å². The molecule has 4 nitrogen and oxygen atoms in total. The van der Waals surface area contributed by atoms with Gasteiger partial charge in [0.1, 0.15) is 18.5 Å². The van der Waals surface area contributed by atoms with Crippen LogP contribution in [0.4, 0.5) is 0 Å². The molecule has 0 saturated carbocycles. The van der Waals surface area contributed by atoms with Gasteiger partial charge in [0.15, 0.2) is 0 Å². The van der Waals surface area contributed by atoms with Gasteiger partial charge >= 0.3 is 0 Å². The lowest BCUT2D eigenvalue weighted by Crippen LogP contribution is -2.42. The smallest absolute Gasteiger partial charge is 0.249 e. The Kier molecular flexibility index (Phi) is 4.32. The van der Waals surface area contributed by atoms with E-state index in [9.17, 15) is 9.90 Å². The molecule has 0 spiro atoms. The van der Waals surface area contributed by atoms with E-state index in [1.807, 2.05) is 30.3 Å². The summed E-state index contributed by atoms with van der Waals surface area (Å²) in [6.07, 6.45) is -0.237. The van der Waals surface area contributed by atoms with E-state index in [1.165, 1.54) is 0 Å². The molecule has 1 amide bonds.